The summed E-state index contributed by atoms with van der Waals surface area (Å²) in [6, 6.07) is 4.77. The summed E-state index contributed by atoms with van der Waals surface area (Å²) in [4.78, 5) is 35.9. The summed E-state index contributed by atoms with van der Waals surface area (Å²) in [6.07, 6.45) is -0.0803. The zero-order valence-electron chi connectivity index (χ0n) is 11.5. The summed E-state index contributed by atoms with van der Waals surface area (Å²) in [5.74, 6) is -2.03. The molecule has 1 atom stereocenters. The van der Waals surface area contributed by atoms with E-state index in [2.05, 4.69) is 5.32 Å². The molecule has 0 radical (unpaired) electrons. The van der Waals surface area contributed by atoms with Gasteiger partial charge in [0.05, 0.1) is 12.3 Å². The second-order valence-corrected chi connectivity index (χ2v) is 5.84. The molecule has 2 N–H and O–H groups in total. The first-order chi connectivity index (χ1) is 10.4. The third-order valence-electron chi connectivity index (χ3n) is 3.29. The van der Waals surface area contributed by atoms with Crippen LogP contribution in [0.25, 0.3) is 0 Å². The fourth-order valence-corrected chi connectivity index (χ4v) is 2.78. The fraction of sp³-hybridized carbons (Fsp3) is 0.357. The first-order valence-corrected chi connectivity index (χ1v) is 7.38. The molecule has 8 heteroatoms. The van der Waals surface area contributed by atoms with Crippen LogP contribution in [0.3, 0.4) is 0 Å². The molecule has 0 aliphatic carbocycles. The number of halogens is 2. The van der Waals surface area contributed by atoms with Gasteiger partial charge in [-0.25, -0.2) is 0 Å². The number of rotatable bonds is 5. The Kier molecular flexibility index (Phi) is 5.26. The van der Waals surface area contributed by atoms with E-state index in [9.17, 15) is 14.4 Å². The minimum Gasteiger partial charge on any atom is -0.481 e. The first-order valence-electron chi connectivity index (χ1n) is 6.63. The molecule has 1 unspecified atom stereocenters. The second-order valence-electron chi connectivity index (χ2n) is 4.97. The molecule has 0 aromatic heterocycles. The van der Waals surface area contributed by atoms with Gasteiger partial charge in [0.1, 0.15) is 0 Å². The van der Waals surface area contributed by atoms with Crippen LogP contribution in [0.1, 0.15) is 12.8 Å². The van der Waals surface area contributed by atoms with Crippen molar-refractivity contribution in [2.24, 2.45) is 5.92 Å². The van der Waals surface area contributed by atoms with E-state index in [0.29, 0.717) is 15.7 Å². The number of amides is 2. The minimum atomic E-state index is -0.988. The van der Waals surface area contributed by atoms with Gasteiger partial charge in [0.25, 0.3) is 0 Å². The Morgan fingerprint density at radius 1 is 1.27 bits per heavy atom. The van der Waals surface area contributed by atoms with Crippen LogP contribution in [0, 0.1) is 5.92 Å². The number of nitrogens with one attached hydrogen (secondary N) is 1. The second kappa shape index (κ2) is 6.98. The summed E-state index contributed by atoms with van der Waals surface area (Å²) in [5.41, 5.74) is 0.545. The summed E-state index contributed by atoms with van der Waals surface area (Å²) in [7, 11) is 0. The van der Waals surface area contributed by atoms with Gasteiger partial charge in [0, 0.05) is 35.2 Å². The van der Waals surface area contributed by atoms with Crippen molar-refractivity contribution in [2.45, 2.75) is 12.8 Å². The smallest absolute Gasteiger partial charge is 0.305 e. The standard InChI is InChI=1S/C14H14Cl2N2O4/c15-9-4-10(16)6-11(5-9)18-7-8(3-12(18)19)14(22)17-2-1-13(20)21/h4-6,8H,1-3,7H2,(H,17,22)(H,20,21). The monoisotopic (exact) mass is 344 g/mol. The Labute approximate surface area is 137 Å². The molecule has 22 heavy (non-hydrogen) atoms. The molecule has 1 fully saturated rings. The van der Waals surface area contributed by atoms with Gasteiger partial charge < -0.3 is 15.3 Å². The highest BCUT2D eigenvalue weighted by atomic mass is 35.5. The Hall–Kier alpha value is -1.79. The molecule has 1 aromatic rings. The van der Waals surface area contributed by atoms with E-state index in [1.165, 1.54) is 4.90 Å². The van der Waals surface area contributed by atoms with E-state index in [0.717, 1.165) is 0 Å². The summed E-state index contributed by atoms with van der Waals surface area (Å²) in [6.45, 7) is 0.260. The lowest BCUT2D eigenvalue weighted by Gasteiger charge is -2.17. The maximum atomic E-state index is 12.1. The molecule has 1 aliphatic rings. The van der Waals surface area contributed by atoms with Crippen molar-refractivity contribution in [1.29, 1.82) is 0 Å². The Morgan fingerprint density at radius 3 is 2.50 bits per heavy atom. The fourth-order valence-electron chi connectivity index (χ4n) is 2.26. The van der Waals surface area contributed by atoms with Gasteiger partial charge in [-0.15, -0.1) is 0 Å². The quantitative estimate of drug-likeness (QED) is 0.854. The van der Waals surface area contributed by atoms with Crippen LogP contribution in [0.5, 0.6) is 0 Å². The molecular formula is C14H14Cl2N2O4. The number of anilines is 1. The predicted molar refractivity (Wildman–Crippen MR) is 82.2 cm³/mol. The third kappa shape index (κ3) is 4.11. The zero-order chi connectivity index (χ0) is 16.3. The van der Waals surface area contributed by atoms with Gasteiger partial charge in [-0.2, -0.15) is 0 Å². The number of carbonyl (C=O) groups excluding carboxylic acids is 2. The molecule has 1 aromatic carbocycles. The Balaban J connectivity index is 2.01. The number of carboxylic acids is 1. The van der Waals surface area contributed by atoms with Crippen LogP contribution in [0.15, 0.2) is 18.2 Å². The number of carbonyl (C=O) groups is 3. The normalized spacial score (nSPS) is 17.6. The van der Waals surface area contributed by atoms with Crippen molar-refractivity contribution < 1.29 is 19.5 Å². The third-order valence-corrected chi connectivity index (χ3v) is 3.73. The highest BCUT2D eigenvalue weighted by Gasteiger charge is 2.35. The lowest BCUT2D eigenvalue weighted by atomic mass is 10.1. The van der Waals surface area contributed by atoms with E-state index < -0.39 is 11.9 Å². The predicted octanol–water partition coefficient (Wildman–Crippen LogP) is 1.94. The van der Waals surface area contributed by atoms with E-state index in [-0.39, 0.29) is 37.7 Å². The van der Waals surface area contributed by atoms with Crippen LogP contribution >= 0.6 is 23.2 Å². The minimum absolute atomic E-state index is 0.0435. The van der Waals surface area contributed by atoms with Crippen molar-refractivity contribution in [3.8, 4) is 0 Å². The number of hydrogen-bond acceptors (Lipinski definition) is 3. The van der Waals surface area contributed by atoms with Gasteiger partial charge in [-0.1, -0.05) is 23.2 Å². The Morgan fingerprint density at radius 2 is 1.91 bits per heavy atom. The molecular weight excluding hydrogens is 331 g/mol. The average molecular weight is 345 g/mol. The van der Waals surface area contributed by atoms with Gasteiger partial charge in [-0.3, -0.25) is 14.4 Å². The van der Waals surface area contributed by atoms with Crippen LogP contribution in [-0.4, -0.2) is 36.0 Å². The lowest BCUT2D eigenvalue weighted by Crippen LogP contribution is -2.34. The van der Waals surface area contributed by atoms with E-state index >= 15 is 0 Å². The maximum Gasteiger partial charge on any atom is 0.305 e. The average Bonchev–Trinajstić information content (AvgIpc) is 2.79. The van der Waals surface area contributed by atoms with Crippen molar-refractivity contribution >= 4 is 46.7 Å². The molecule has 1 saturated heterocycles. The number of carboxylic acid groups (broad SMARTS) is 1. The molecule has 0 spiro atoms. The zero-order valence-corrected chi connectivity index (χ0v) is 13.0. The van der Waals surface area contributed by atoms with Crippen molar-refractivity contribution in [1.82, 2.24) is 5.32 Å². The Bertz CT molecular complexity index is 601. The van der Waals surface area contributed by atoms with Gasteiger partial charge in [-0.05, 0) is 18.2 Å². The van der Waals surface area contributed by atoms with Crippen LogP contribution < -0.4 is 10.2 Å². The molecule has 0 saturated carbocycles. The molecule has 118 valence electrons. The topological polar surface area (TPSA) is 86.7 Å². The lowest BCUT2D eigenvalue weighted by molar-refractivity contribution is -0.137. The van der Waals surface area contributed by atoms with Crippen molar-refractivity contribution in [3.63, 3.8) is 0 Å². The highest BCUT2D eigenvalue weighted by molar-refractivity contribution is 6.35. The van der Waals surface area contributed by atoms with E-state index in [1.54, 1.807) is 18.2 Å². The molecule has 0 bridgehead atoms. The molecule has 1 heterocycles. The van der Waals surface area contributed by atoms with E-state index in [4.69, 9.17) is 28.3 Å². The largest absolute Gasteiger partial charge is 0.481 e. The van der Waals surface area contributed by atoms with Crippen LogP contribution in [0.4, 0.5) is 5.69 Å². The van der Waals surface area contributed by atoms with Crippen LogP contribution in [-0.2, 0) is 14.4 Å². The number of nitrogens with zero attached hydrogens (tertiary/aromatic N) is 1. The summed E-state index contributed by atoms with van der Waals surface area (Å²) in [5, 5.41) is 11.9. The summed E-state index contributed by atoms with van der Waals surface area (Å²) >= 11 is 11.8. The molecule has 6 nitrogen and oxygen atoms in total. The number of aliphatic carboxylic acids is 1. The number of benzene rings is 1. The highest BCUT2D eigenvalue weighted by Crippen LogP contribution is 2.30. The molecule has 2 amide bonds. The first kappa shape index (κ1) is 16.6. The summed E-state index contributed by atoms with van der Waals surface area (Å²) < 4.78 is 0. The van der Waals surface area contributed by atoms with Gasteiger partial charge >= 0.3 is 5.97 Å². The van der Waals surface area contributed by atoms with Crippen molar-refractivity contribution in [3.05, 3.63) is 28.2 Å². The SMILES string of the molecule is O=C(O)CCNC(=O)C1CC(=O)N(c2cc(Cl)cc(Cl)c2)C1. The van der Waals surface area contributed by atoms with Crippen LogP contribution in [0.2, 0.25) is 10.0 Å². The molecule has 2 rings (SSSR count). The maximum absolute atomic E-state index is 12.1. The van der Waals surface area contributed by atoms with Gasteiger partial charge in [0.15, 0.2) is 0 Å². The molecule has 1 aliphatic heterocycles. The number of hydrogen-bond donors (Lipinski definition) is 2. The van der Waals surface area contributed by atoms with Gasteiger partial charge in [0.2, 0.25) is 11.8 Å². The van der Waals surface area contributed by atoms with E-state index in [1.807, 2.05) is 0 Å². The van der Waals surface area contributed by atoms with Crippen molar-refractivity contribution in [2.75, 3.05) is 18.0 Å².